The predicted octanol–water partition coefficient (Wildman–Crippen LogP) is 1.64. The fraction of sp³-hybridized carbons (Fsp3) is 0.333. The summed E-state index contributed by atoms with van der Waals surface area (Å²) in [6.07, 6.45) is 0.436. The molecule has 0 aromatic heterocycles. The topological polar surface area (TPSA) is 72.2 Å². The minimum atomic E-state index is -3.28. The number of halogens is 1. The highest BCUT2D eigenvalue weighted by Crippen LogP contribution is 2.12. The lowest BCUT2D eigenvalue weighted by molar-refractivity contribution is 0.600. The Balaban J connectivity index is 2.65. The number of nitrogens with one attached hydrogen (secondary N) is 1. The third kappa shape index (κ3) is 4.40. The van der Waals surface area contributed by atoms with Gasteiger partial charge in [-0.05, 0) is 30.7 Å². The van der Waals surface area contributed by atoms with Crippen LogP contribution in [0.4, 0.5) is 11.4 Å². The Labute approximate surface area is 94.5 Å². The molecule has 4 nitrogen and oxygen atoms in total. The van der Waals surface area contributed by atoms with Crippen molar-refractivity contribution in [3.05, 3.63) is 24.3 Å². The summed E-state index contributed by atoms with van der Waals surface area (Å²) >= 11 is 5.42. The van der Waals surface area contributed by atoms with Crippen LogP contribution in [0, 0.1) is 0 Å². The molecule has 0 unspecified atom stereocenters. The zero-order chi connectivity index (χ0) is 11.3. The van der Waals surface area contributed by atoms with Crippen molar-refractivity contribution < 1.29 is 8.42 Å². The summed E-state index contributed by atoms with van der Waals surface area (Å²) in [7, 11) is -3.28. The van der Waals surface area contributed by atoms with E-state index in [1.54, 1.807) is 24.3 Å². The van der Waals surface area contributed by atoms with Crippen LogP contribution in [0.5, 0.6) is 0 Å². The van der Waals surface area contributed by atoms with Gasteiger partial charge in [0.2, 0.25) is 10.0 Å². The third-order valence-electron chi connectivity index (χ3n) is 1.73. The minimum absolute atomic E-state index is 0.0286. The molecular weight excluding hydrogens is 236 g/mol. The largest absolute Gasteiger partial charge is 0.399 e. The molecule has 0 heterocycles. The van der Waals surface area contributed by atoms with Gasteiger partial charge >= 0.3 is 0 Å². The van der Waals surface area contributed by atoms with Crippen molar-refractivity contribution in [3.8, 4) is 0 Å². The van der Waals surface area contributed by atoms with Crippen LogP contribution in [0.1, 0.15) is 6.42 Å². The average Bonchev–Trinajstić information content (AvgIpc) is 2.18. The highest BCUT2D eigenvalue weighted by molar-refractivity contribution is 7.92. The third-order valence-corrected chi connectivity index (χ3v) is 3.37. The van der Waals surface area contributed by atoms with Crippen LogP contribution in [0.3, 0.4) is 0 Å². The molecule has 0 saturated heterocycles. The van der Waals surface area contributed by atoms with Crippen molar-refractivity contribution in [1.82, 2.24) is 0 Å². The highest BCUT2D eigenvalue weighted by Gasteiger charge is 2.08. The van der Waals surface area contributed by atoms with Crippen molar-refractivity contribution in [2.24, 2.45) is 0 Å². The molecule has 6 heteroatoms. The maximum absolute atomic E-state index is 11.4. The van der Waals surface area contributed by atoms with Gasteiger partial charge in [0, 0.05) is 17.3 Å². The molecule has 0 aliphatic carbocycles. The standard InChI is InChI=1S/C9H13ClN2O2S/c10-6-1-7-15(13,14)12-9-4-2-8(11)3-5-9/h2-5,12H,1,6-7,11H2. The molecule has 0 fully saturated rings. The summed E-state index contributed by atoms with van der Waals surface area (Å²) in [6.45, 7) is 0. The van der Waals surface area contributed by atoms with Crippen molar-refractivity contribution in [1.29, 1.82) is 0 Å². The molecule has 1 rings (SSSR count). The van der Waals surface area contributed by atoms with Gasteiger partial charge in [0.25, 0.3) is 0 Å². The van der Waals surface area contributed by atoms with Gasteiger partial charge in [0.15, 0.2) is 0 Å². The number of nitrogen functional groups attached to an aromatic ring is 1. The molecule has 1 aromatic rings. The number of alkyl halides is 1. The fourth-order valence-corrected chi connectivity index (χ4v) is 2.44. The smallest absolute Gasteiger partial charge is 0.232 e. The van der Waals surface area contributed by atoms with Gasteiger partial charge in [0.05, 0.1) is 5.75 Å². The first-order chi connectivity index (χ1) is 7.03. The Morgan fingerprint density at radius 1 is 1.27 bits per heavy atom. The zero-order valence-corrected chi connectivity index (χ0v) is 9.68. The summed E-state index contributed by atoms with van der Waals surface area (Å²) in [5, 5.41) is 0. The second-order valence-electron chi connectivity index (χ2n) is 3.09. The van der Waals surface area contributed by atoms with E-state index in [0.29, 0.717) is 23.7 Å². The summed E-state index contributed by atoms with van der Waals surface area (Å²) < 4.78 is 25.3. The maximum Gasteiger partial charge on any atom is 0.232 e. The second-order valence-corrected chi connectivity index (χ2v) is 5.31. The molecule has 0 spiro atoms. The normalized spacial score (nSPS) is 11.3. The predicted molar refractivity (Wildman–Crippen MR) is 63.6 cm³/mol. The number of benzene rings is 1. The number of anilines is 2. The quantitative estimate of drug-likeness (QED) is 0.615. The van der Waals surface area contributed by atoms with E-state index in [2.05, 4.69) is 4.72 Å². The van der Waals surface area contributed by atoms with E-state index < -0.39 is 10.0 Å². The van der Waals surface area contributed by atoms with Gasteiger partial charge in [-0.15, -0.1) is 11.6 Å². The van der Waals surface area contributed by atoms with Gasteiger partial charge < -0.3 is 5.73 Å². The average molecular weight is 249 g/mol. The van der Waals surface area contributed by atoms with Crippen LogP contribution in [-0.2, 0) is 10.0 Å². The molecule has 0 amide bonds. The number of sulfonamides is 1. The lowest BCUT2D eigenvalue weighted by Gasteiger charge is -2.06. The molecule has 15 heavy (non-hydrogen) atoms. The molecule has 0 radical (unpaired) electrons. The van der Waals surface area contributed by atoms with E-state index in [1.165, 1.54) is 0 Å². The Kier molecular flexibility index (Phi) is 4.23. The summed E-state index contributed by atoms with van der Waals surface area (Å²) in [5.41, 5.74) is 6.58. The second kappa shape index (κ2) is 5.23. The van der Waals surface area contributed by atoms with Crippen LogP contribution < -0.4 is 10.5 Å². The zero-order valence-electron chi connectivity index (χ0n) is 8.11. The van der Waals surface area contributed by atoms with E-state index >= 15 is 0 Å². The van der Waals surface area contributed by atoms with Crippen molar-refractivity contribution >= 4 is 33.0 Å². The number of hydrogen-bond acceptors (Lipinski definition) is 3. The van der Waals surface area contributed by atoms with Gasteiger partial charge in [0.1, 0.15) is 0 Å². The molecule has 0 aliphatic rings. The molecule has 0 atom stereocenters. The van der Waals surface area contributed by atoms with Crippen molar-refractivity contribution in [3.63, 3.8) is 0 Å². The van der Waals surface area contributed by atoms with Gasteiger partial charge in [-0.25, -0.2) is 8.42 Å². The number of hydrogen-bond donors (Lipinski definition) is 2. The summed E-state index contributed by atoms with van der Waals surface area (Å²) in [4.78, 5) is 0. The van der Waals surface area contributed by atoms with Crippen LogP contribution in [-0.4, -0.2) is 20.1 Å². The van der Waals surface area contributed by atoms with Crippen molar-refractivity contribution in [2.75, 3.05) is 22.1 Å². The highest BCUT2D eigenvalue weighted by atomic mass is 35.5. The molecule has 1 aromatic carbocycles. The van der Waals surface area contributed by atoms with Crippen LogP contribution in [0.25, 0.3) is 0 Å². The van der Waals surface area contributed by atoms with Crippen LogP contribution in [0.15, 0.2) is 24.3 Å². The van der Waals surface area contributed by atoms with Gasteiger partial charge in [-0.1, -0.05) is 0 Å². The Bertz CT molecular complexity index is 403. The Hall–Kier alpha value is -0.940. The first-order valence-electron chi connectivity index (χ1n) is 4.45. The molecule has 0 bridgehead atoms. The number of rotatable bonds is 5. The van der Waals surface area contributed by atoms with E-state index in [1.807, 2.05) is 0 Å². The summed E-state index contributed by atoms with van der Waals surface area (Å²) in [6, 6.07) is 6.51. The van der Waals surface area contributed by atoms with E-state index in [-0.39, 0.29) is 5.75 Å². The molecule has 0 aliphatic heterocycles. The summed E-state index contributed by atoms with van der Waals surface area (Å²) in [5.74, 6) is 0.365. The SMILES string of the molecule is Nc1ccc(NS(=O)(=O)CCCCl)cc1. The van der Waals surface area contributed by atoms with E-state index in [4.69, 9.17) is 17.3 Å². The lowest BCUT2D eigenvalue weighted by atomic mass is 10.3. The van der Waals surface area contributed by atoms with E-state index in [0.717, 1.165) is 0 Å². The van der Waals surface area contributed by atoms with Gasteiger partial charge in [-0.3, -0.25) is 4.72 Å². The van der Waals surface area contributed by atoms with Crippen molar-refractivity contribution in [2.45, 2.75) is 6.42 Å². The molecular formula is C9H13ClN2O2S. The first-order valence-corrected chi connectivity index (χ1v) is 6.64. The van der Waals surface area contributed by atoms with Gasteiger partial charge in [-0.2, -0.15) is 0 Å². The molecule has 3 N–H and O–H groups in total. The van der Waals surface area contributed by atoms with Crippen LogP contribution in [0.2, 0.25) is 0 Å². The fourth-order valence-electron chi connectivity index (χ4n) is 1.03. The van der Waals surface area contributed by atoms with E-state index in [9.17, 15) is 8.42 Å². The van der Waals surface area contributed by atoms with Crippen LogP contribution >= 0.6 is 11.6 Å². The number of nitrogens with two attached hydrogens (primary N) is 1. The molecule has 84 valence electrons. The molecule has 0 saturated carbocycles. The lowest BCUT2D eigenvalue weighted by Crippen LogP contribution is -2.16. The first kappa shape index (κ1) is 12.1. The minimum Gasteiger partial charge on any atom is -0.399 e. The maximum atomic E-state index is 11.4. The monoisotopic (exact) mass is 248 g/mol. The Morgan fingerprint density at radius 3 is 2.40 bits per heavy atom. The Morgan fingerprint density at radius 2 is 1.87 bits per heavy atom.